The Morgan fingerprint density at radius 1 is 1.17 bits per heavy atom. The molecule has 0 aliphatic carbocycles. The Balaban J connectivity index is 2.77. The summed E-state index contributed by atoms with van der Waals surface area (Å²) in [5.74, 6) is 0.0667. The fourth-order valence-corrected chi connectivity index (χ4v) is 2.71. The van der Waals surface area contributed by atoms with Crippen LogP contribution in [0.5, 0.6) is 0 Å². The molecule has 1 fully saturated rings. The first-order valence-electron chi connectivity index (χ1n) is 6.87. The van der Waals surface area contributed by atoms with Crippen molar-refractivity contribution in [3.8, 4) is 0 Å². The lowest BCUT2D eigenvalue weighted by Crippen LogP contribution is -2.46. The number of carbonyl (C=O) groups excluding carboxylic acids is 2. The molecule has 1 aliphatic rings. The Bertz CT molecular complexity index is 316. The van der Waals surface area contributed by atoms with Crippen molar-refractivity contribution in [2.24, 2.45) is 5.92 Å². The van der Waals surface area contributed by atoms with Gasteiger partial charge in [-0.1, -0.05) is 0 Å². The molecule has 104 valence electrons. The van der Waals surface area contributed by atoms with Crippen molar-refractivity contribution in [1.82, 2.24) is 9.80 Å². The molecule has 0 saturated carbocycles. The number of hydrogen-bond acceptors (Lipinski definition) is 2. The van der Waals surface area contributed by atoms with Gasteiger partial charge < -0.3 is 9.80 Å². The summed E-state index contributed by atoms with van der Waals surface area (Å²) in [5.41, 5.74) is 0. The minimum atomic E-state index is -0.162. The lowest BCUT2D eigenvalue weighted by molar-refractivity contribution is -0.139. The lowest BCUT2D eigenvalue weighted by atomic mass is 10.0. The van der Waals surface area contributed by atoms with Gasteiger partial charge in [-0.15, -0.1) is 0 Å². The standard InChI is InChI=1S/C14H26N2O2/c1-9(2)15-8-12(7-13(15)17)14(18)16(10(3)4)11(5)6/h9-12H,7-8H2,1-6H3. The van der Waals surface area contributed by atoms with Crippen molar-refractivity contribution in [2.75, 3.05) is 6.54 Å². The average Bonchev–Trinajstić information content (AvgIpc) is 2.59. The fraction of sp³-hybridized carbons (Fsp3) is 0.857. The van der Waals surface area contributed by atoms with Gasteiger partial charge in [-0.05, 0) is 41.5 Å². The van der Waals surface area contributed by atoms with Crippen molar-refractivity contribution in [3.63, 3.8) is 0 Å². The van der Waals surface area contributed by atoms with E-state index in [2.05, 4.69) is 0 Å². The van der Waals surface area contributed by atoms with Crippen LogP contribution in [0.2, 0.25) is 0 Å². The topological polar surface area (TPSA) is 40.6 Å². The first-order valence-corrected chi connectivity index (χ1v) is 6.87. The molecule has 1 unspecified atom stereocenters. The average molecular weight is 254 g/mol. The predicted octanol–water partition coefficient (Wildman–Crippen LogP) is 1.89. The predicted molar refractivity (Wildman–Crippen MR) is 72.1 cm³/mol. The van der Waals surface area contributed by atoms with Gasteiger partial charge in [0, 0.05) is 31.1 Å². The van der Waals surface area contributed by atoms with Gasteiger partial charge in [0.25, 0.3) is 0 Å². The smallest absolute Gasteiger partial charge is 0.228 e. The van der Waals surface area contributed by atoms with Gasteiger partial charge >= 0.3 is 0 Å². The molecule has 4 heteroatoms. The lowest BCUT2D eigenvalue weighted by Gasteiger charge is -2.33. The summed E-state index contributed by atoms with van der Waals surface area (Å²) in [6.07, 6.45) is 0.368. The molecule has 1 rings (SSSR count). The van der Waals surface area contributed by atoms with E-state index in [0.717, 1.165) is 0 Å². The molecule has 0 bridgehead atoms. The molecule has 2 amide bonds. The number of likely N-dealkylation sites (tertiary alicyclic amines) is 1. The first kappa shape index (κ1) is 15.0. The second-order valence-electron chi connectivity index (χ2n) is 5.97. The summed E-state index contributed by atoms with van der Waals surface area (Å²) < 4.78 is 0. The molecule has 1 saturated heterocycles. The second-order valence-corrected chi connectivity index (χ2v) is 5.97. The van der Waals surface area contributed by atoms with Crippen molar-refractivity contribution in [2.45, 2.75) is 66.1 Å². The molecule has 0 N–H and O–H groups in total. The highest BCUT2D eigenvalue weighted by Crippen LogP contribution is 2.23. The molecular formula is C14H26N2O2. The Kier molecular flexibility index (Phi) is 4.77. The zero-order valence-electron chi connectivity index (χ0n) is 12.4. The summed E-state index contributed by atoms with van der Waals surface area (Å²) >= 11 is 0. The minimum absolute atomic E-state index is 0.107. The molecule has 4 nitrogen and oxygen atoms in total. The molecule has 18 heavy (non-hydrogen) atoms. The highest BCUT2D eigenvalue weighted by molar-refractivity contribution is 5.89. The van der Waals surface area contributed by atoms with Crippen LogP contribution in [0.15, 0.2) is 0 Å². The number of nitrogens with zero attached hydrogens (tertiary/aromatic N) is 2. The number of rotatable bonds is 4. The third kappa shape index (κ3) is 3.03. The van der Waals surface area contributed by atoms with Crippen molar-refractivity contribution in [3.05, 3.63) is 0 Å². The van der Waals surface area contributed by atoms with E-state index < -0.39 is 0 Å². The third-order valence-corrected chi connectivity index (χ3v) is 3.50. The van der Waals surface area contributed by atoms with E-state index >= 15 is 0 Å². The maximum atomic E-state index is 12.5. The van der Waals surface area contributed by atoms with Crippen molar-refractivity contribution < 1.29 is 9.59 Å². The maximum Gasteiger partial charge on any atom is 0.228 e. The molecule has 0 aromatic heterocycles. The molecule has 1 atom stereocenters. The van der Waals surface area contributed by atoms with Crippen LogP contribution >= 0.6 is 0 Å². The summed E-state index contributed by atoms with van der Waals surface area (Å²) in [6.45, 7) is 12.7. The summed E-state index contributed by atoms with van der Waals surface area (Å²) in [4.78, 5) is 28.0. The number of amides is 2. The quantitative estimate of drug-likeness (QED) is 0.768. The van der Waals surface area contributed by atoms with Gasteiger partial charge in [-0.3, -0.25) is 9.59 Å². The van der Waals surface area contributed by atoms with E-state index in [1.807, 2.05) is 46.4 Å². The zero-order chi connectivity index (χ0) is 14.0. The van der Waals surface area contributed by atoms with E-state index in [4.69, 9.17) is 0 Å². The number of hydrogen-bond donors (Lipinski definition) is 0. The van der Waals surface area contributed by atoms with Gasteiger partial charge in [0.2, 0.25) is 11.8 Å². The summed E-state index contributed by atoms with van der Waals surface area (Å²) in [6, 6.07) is 0.545. The fourth-order valence-electron chi connectivity index (χ4n) is 2.71. The van der Waals surface area contributed by atoms with Crippen LogP contribution in [-0.4, -0.2) is 46.3 Å². The summed E-state index contributed by atoms with van der Waals surface area (Å²) in [5, 5.41) is 0. The van der Waals surface area contributed by atoms with Crippen molar-refractivity contribution in [1.29, 1.82) is 0 Å². The Morgan fingerprint density at radius 2 is 1.67 bits per heavy atom. The van der Waals surface area contributed by atoms with Gasteiger partial charge in [0.15, 0.2) is 0 Å². The highest BCUT2D eigenvalue weighted by atomic mass is 16.2. The largest absolute Gasteiger partial charge is 0.339 e. The molecule has 0 aromatic carbocycles. The van der Waals surface area contributed by atoms with E-state index in [1.165, 1.54) is 0 Å². The second kappa shape index (κ2) is 5.72. The molecule has 1 aliphatic heterocycles. The normalized spacial score (nSPS) is 20.4. The van der Waals surface area contributed by atoms with E-state index in [9.17, 15) is 9.59 Å². The summed E-state index contributed by atoms with van der Waals surface area (Å²) in [7, 11) is 0. The van der Waals surface area contributed by atoms with Crippen LogP contribution in [0.4, 0.5) is 0 Å². The van der Waals surface area contributed by atoms with E-state index in [1.54, 1.807) is 4.90 Å². The zero-order valence-corrected chi connectivity index (χ0v) is 12.4. The first-order chi connectivity index (χ1) is 8.25. The molecule has 0 aromatic rings. The minimum Gasteiger partial charge on any atom is -0.339 e. The SMILES string of the molecule is CC(C)N1CC(C(=O)N(C(C)C)C(C)C)CC1=O. The molecule has 0 radical (unpaired) electrons. The van der Waals surface area contributed by atoms with E-state index in [0.29, 0.717) is 13.0 Å². The van der Waals surface area contributed by atoms with E-state index in [-0.39, 0.29) is 35.9 Å². The van der Waals surface area contributed by atoms with Crippen molar-refractivity contribution >= 4 is 11.8 Å². The van der Waals surface area contributed by atoms with Crippen LogP contribution in [0.25, 0.3) is 0 Å². The monoisotopic (exact) mass is 254 g/mol. The Labute approximate surface area is 110 Å². The Hall–Kier alpha value is -1.06. The van der Waals surface area contributed by atoms with Gasteiger partial charge in [-0.2, -0.15) is 0 Å². The van der Waals surface area contributed by atoms with Crippen LogP contribution in [0.1, 0.15) is 48.0 Å². The Morgan fingerprint density at radius 3 is 2.00 bits per heavy atom. The molecule has 1 heterocycles. The molecular weight excluding hydrogens is 228 g/mol. The van der Waals surface area contributed by atoms with Crippen LogP contribution in [-0.2, 0) is 9.59 Å². The van der Waals surface area contributed by atoms with Crippen LogP contribution in [0, 0.1) is 5.92 Å². The van der Waals surface area contributed by atoms with Gasteiger partial charge in [0.1, 0.15) is 0 Å². The van der Waals surface area contributed by atoms with Crippen LogP contribution < -0.4 is 0 Å². The van der Waals surface area contributed by atoms with Gasteiger partial charge in [-0.25, -0.2) is 0 Å². The van der Waals surface area contributed by atoms with Gasteiger partial charge in [0.05, 0.1) is 5.92 Å². The third-order valence-electron chi connectivity index (χ3n) is 3.50. The maximum absolute atomic E-state index is 12.5. The van der Waals surface area contributed by atoms with Crippen LogP contribution in [0.3, 0.4) is 0 Å². The molecule has 0 spiro atoms. The number of carbonyl (C=O) groups is 2. The highest BCUT2D eigenvalue weighted by Gasteiger charge is 2.38.